The Kier molecular flexibility index (Phi) is 4.74. The van der Waals surface area contributed by atoms with Gasteiger partial charge in [0.25, 0.3) is 0 Å². The Bertz CT molecular complexity index is 358. The number of nitrogens with zero attached hydrogens (tertiary/aromatic N) is 3. The zero-order chi connectivity index (χ0) is 13.0. The van der Waals surface area contributed by atoms with E-state index in [4.69, 9.17) is 10.5 Å². The molecule has 102 valence electrons. The predicted octanol–water partition coefficient (Wildman–Crippen LogP) is 0.778. The molecule has 2 N–H and O–H groups in total. The second-order valence-corrected chi connectivity index (χ2v) is 5.13. The molecular weight excluding hydrogens is 228 g/mol. The van der Waals surface area contributed by atoms with Gasteiger partial charge in [-0.05, 0) is 31.8 Å². The van der Waals surface area contributed by atoms with Crippen LogP contribution < -0.4 is 5.73 Å². The van der Waals surface area contributed by atoms with Crippen molar-refractivity contribution in [2.75, 3.05) is 33.4 Å². The summed E-state index contributed by atoms with van der Waals surface area (Å²) in [5, 5.41) is 4.24. The number of ether oxygens (including phenoxy) is 1. The van der Waals surface area contributed by atoms with Gasteiger partial charge >= 0.3 is 0 Å². The summed E-state index contributed by atoms with van der Waals surface area (Å²) in [6.07, 6.45) is 6.40. The molecule has 1 fully saturated rings. The van der Waals surface area contributed by atoms with Crippen molar-refractivity contribution in [3.05, 3.63) is 18.0 Å². The van der Waals surface area contributed by atoms with E-state index in [9.17, 15) is 0 Å². The van der Waals surface area contributed by atoms with E-state index in [0.29, 0.717) is 18.5 Å². The summed E-state index contributed by atoms with van der Waals surface area (Å²) in [5.74, 6) is 0.707. The molecule has 0 spiro atoms. The molecule has 1 aliphatic heterocycles. The fourth-order valence-electron chi connectivity index (χ4n) is 2.78. The van der Waals surface area contributed by atoms with Crippen molar-refractivity contribution in [2.45, 2.75) is 18.9 Å². The lowest BCUT2D eigenvalue weighted by atomic mass is 9.95. The van der Waals surface area contributed by atoms with E-state index in [2.05, 4.69) is 16.2 Å². The summed E-state index contributed by atoms with van der Waals surface area (Å²) < 4.78 is 7.08. The monoisotopic (exact) mass is 252 g/mol. The lowest BCUT2D eigenvalue weighted by molar-refractivity contribution is 0.0810. The highest BCUT2D eigenvalue weighted by Gasteiger charge is 2.25. The summed E-state index contributed by atoms with van der Waals surface area (Å²) in [7, 11) is 3.73. The number of aromatic nitrogens is 2. The molecule has 0 amide bonds. The van der Waals surface area contributed by atoms with Gasteiger partial charge in [-0.25, -0.2) is 0 Å². The summed E-state index contributed by atoms with van der Waals surface area (Å²) in [5.41, 5.74) is 7.16. The van der Waals surface area contributed by atoms with Crippen LogP contribution in [0.1, 0.15) is 24.4 Å². The third-order valence-corrected chi connectivity index (χ3v) is 3.83. The summed E-state index contributed by atoms with van der Waals surface area (Å²) in [6.45, 7) is 3.74. The second-order valence-electron chi connectivity index (χ2n) is 5.13. The highest BCUT2D eigenvalue weighted by molar-refractivity contribution is 5.11. The normalized spacial score (nSPS) is 20.2. The minimum absolute atomic E-state index is 0.308. The molecule has 0 bridgehead atoms. The zero-order valence-corrected chi connectivity index (χ0v) is 11.4. The molecule has 0 aliphatic carbocycles. The number of hydrogen-bond donors (Lipinski definition) is 1. The second kappa shape index (κ2) is 6.31. The largest absolute Gasteiger partial charge is 0.384 e. The van der Waals surface area contributed by atoms with Crippen molar-refractivity contribution in [2.24, 2.45) is 18.7 Å². The van der Waals surface area contributed by atoms with Gasteiger partial charge < -0.3 is 10.5 Å². The van der Waals surface area contributed by atoms with Gasteiger partial charge in [-0.2, -0.15) is 5.10 Å². The molecule has 0 saturated carbocycles. The minimum Gasteiger partial charge on any atom is -0.384 e. The maximum Gasteiger partial charge on any atom is 0.0538 e. The number of nitrogens with two attached hydrogens (primary N) is 1. The van der Waals surface area contributed by atoms with Gasteiger partial charge in [0.2, 0.25) is 0 Å². The highest BCUT2D eigenvalue weighted by atomic mass is 16.5. The van der Waals surface area contributed by atoms with E-state index in [0.717, 1.165) is 19.7 Å². The Balaban J connectivity index is 1.94. The van der Waals surface area contributed by atoms with Gasteiger partial charge in [0, 0.05) is 39.1 Å². The molecule has 1 aromatic rings. The Morgan fingerprint density at radius 1 is 1.50 bits per heavy atom. The van der Waals surface area contributed by atoms with E-state index in [1.807, 2.05) is 17.9 Å². The lowest BCUT2D eigenvalue weighted by Crippen LogP contribution is -2.40. The third kappa shape index (κ3) is 3.10. The molecule has 18 heavy (non-hydrogen) atoms. The van der Waals surface area contributed by atoms with Crippen LogP contribution in [-0.2, 0) is 11.8 Å². The number of rotatable bonds is 5. The molecule has 0 aromatic carbocycles. The van der Waals surface area contributed by atoms with E-state index in [-0.39, 0.29) is 0 Å². The van der Waals surface area contributed by atoms with Gasteiger partial charge in [0.15, 0.2) is 0 Å². The Morgan fingerprint density at radius 2 is 2.22 bits per heavy atom. The molecule has 1 atom stereocenters. The fourth-order valence-corrected chi connectivity index (χ4v) is 2.78. The van der Waals surface area contributed by atoms with Crippen LogP contribution in [0.2, 0.25) is 0 Å². The first-order valence-corrected chi connectivity index (χ1v) is 6.66. The van der Waals surface area contributed by atoms with Crippen molar-refractivity contribution < 1.29 is 4.74 Å². The van der Waals surface area contributed by atoms with Crippen molar-refractivity contribution in [3.63, 3.8) is 0 Å². The van der Waals surface area contributed by atoms with Crippen molar-refractivity contribution >= 4 is 0 Å². The third-order valence-electron chi connectivity index (χ3n) is 3.83. The van der Waals surface area contributed by atoms with E-state index < -0.39 is 0 Å². The molecule has 5 heteroatoms. The fraction of sp³-hybridized carbons (Fsp3) is 0.769. The predicted molar refractivity (Wildman–Crippen MR) is 71.2 cm³/mol. The average Bonchev–Trinajstić information content (AvgIpc) is 2.79. The van der Waals surface area contributed by atoms with Crippen LogP contribution in [0.3, 0.4) is 0 Å². The number of aryl methyl sites for hydroxylation is 1. The lowest BCUT2D eigenvalue weighted by Gasteiger charge is -2.36. The molecule has 2 rings (SSSR count). The van der Waals surface area contributed by atoms with Crippen LogP contribution in [0, 0.1) is 5.92 Å². The van der Waals surface area contributed by atoms with Crippen LogP contribution in [0.5, 0.6) is 0 Å². The first kappa shape index (κ1) is 13.5. The van der Waals surface area contributed by atoms with Crippen LogP contribution in [0.25, 0.3) is 0 Å². The molecule has 2 heterocycles. The smallest absolute Gasteiger partial charge is 0.0538 e. The van der Waals surface area contributed by atoms with Crippen LogP contribution in [0.15, 0.2) is 12.4 Å². The average molecular weight is 252 g/mol. The van der Waals surface area contributed by atoms with E-state index >= 15 is 0 Å². The van der Waals surface area contributed by atoms with Gasteiger partial charge in [-0.1, -0.05) is 0 Å². The summed E-state index contributed by atoms with van der Waals surface area (Å²) in [6, 6.07) is 0.308. The molecule has 0 radical (unpaired) electrons. The van der Waals surface area contributed by atoms with E-state index in [1.165, 1.54) is 18.4 Å². The molecule has 1 aliphatic rings. The standard InChI is InChI=1S/C13H24N4O/c1-16-9-12(8-15-16)13(7-14)17-5-3-11(4-6-17)10-18-2/h8-9,11,13H,3-7,10,14H2,1-2H3. The van der Waals surface area contributed by atoms with E-state index in [1.54, 1.807) is 7.11 Å². The van der Waals surface area contributed by atoms with Gasteiger partial charge in [0.1, 0.15) is 0 Å². The first-order valence-electron chi connectivity index (χ1n) is 6.66. The van der Waals surface area contributed by atoms with Gasteiger partial charge in [-0.15, -0.1) is 0 Å². The van der Waals surface area contributed by atoms with Crippen molar-refractivity contribution in [1.82, 2.24) is 14.7 Å². The molecule has 1 saturated heterocycles. The summed E-state index contributed by atoms with van der Waals surface area (Å²) >= 11 is 0. The Morgan fingerprint density at radius 3 is 2.72 bits per heavy atom. The molecule has 1 aromatic heterocycles. The Labute approximate surface area is 109 Å². The molecule has 1 unspecified atom stereocenters. The minimum atomic E-state index is 0.308. The maximum atomic E-state index is 5.93. The zero-order valence-electron chi connectivity index (χ0n) is 11.4. The number of methoxy groups -OCH3 is 1. The quantitative estimate of drug-likeness (QED) is 0.841. The van der Waals surface area contributed by atoms with Gasteiger partial charge in [-0.3, -0.25) is 9.58 Å². The number of likely N-dealkylation sites (tertiary alicyclic amines) is 1. The first-order chi connectivity index (χ1) is 8.74. The van der Waals surface area contributed by atoms with Crippen LogP contribution >= 0.6 is 0 Å². The number of hydrogen-bond acceptors (Lipinski definition) is 4. The maximum absolute atomic E-state index is 5.93. The molecular formula is C13H24N4O. The van der Waals surface area contributed by atoms with Crippen molar-refractivity contribution in [1.29, 1.82) is 0 Å². The van der Waals surface area contributed by atoms with Crippen molar-refractivity contribution in [3.8, 4) is 0 Å². The number of piperidine rings is 1. The Hall–Kier alpha value is -0.910. The topological polar surface area (TPSA) is 56.3 Å². The molecule has 5 nitrogen and oxygen atoms in total. The SMILES string of the molecule is COCC1CCN(C(CN)c2cnn(C)c2)CC1. The summed E-state index contributed by atoms with van der Waals surface area (Å²) in [4.78, 5) is 2.48. The van der Waals surface area contributed by atoms with Crippen LogP contribution in [-0.4, -0.2) is 48.0 Å². The highest BCUT2D eigenvalue weighted by Crippen LogP contribution is 2.26. The van der Waals surface area contributed by atoms with Crippen LogP contribution in [0.4, 0.5) is 0 Å². The van der Waals surface area contributed by atoms with Gasteiger partial charge in [0.05, 0.1) is 12.2 Å².